The second-order valence-corrected chi connectivity index (χ2v) is 8.69. The molecule has 11 heteroatoms. The van der Waals surface area contributed by atoms with Crippen LogP contribution in [-0.2, 0) is 15.0 Å². The maximum Gasteiger partial charge on any atom is 0.290 e. The molecular formula is C24H30N4O7. The summed E-state index contributed by atoms with van der Waals surface area (Å²) in [6, 6.07) is 11.9. The van der Waals surface area contributed by atoms with Crippen LogP contribution < -0.4 is 15.5 Å². The molecule has 3 atom stereocenters. The number of nitrogens with one attached hydrogen (secondary N) is 2. The number of benzene rings is 1. The van der Waals surface area contributed by atoms with E-state index in [0.717, 1.165) is 39.3 Å². The van der Waals surface area contributed by atoms with Crippen LogP contribution in [-0.4, -0.2) is 96.3 Å². The number of pyridine rings is 1. The molecule has 1 amide bonds. The first-order chi connectivity index (χ1) is 16.9. The standard InChI is InChI=1S/C22H26N4O3.2CH2O2/c1-29-19-10-23-17(9-18(19)27)21(28)24-20-15-11-25-7-8-26(12-15)14-22(20,13-25)16-5-3-2-4-6-16;2*2-1-3/h2-6,9-10,15,20H,7-8,11-14H2,1H3,(H,23,27)(H,24,28);2*1H,(H,2,3). The third kappa shape index (κ3) is 5.52. The number of carboxylic acid groups (broad SMARTS) is 2. The summed E-state index contributed by atoms with van der Waals surface area (Å²) in [6.07, 6.45) is 1.45. The first-order valence-electron chi connectivity index (χ1n) is 11.2. The third-order valence-electron chi connectivity index (χ3n) is 6.77. The number of aromatic nitrogens is 1. The Bertz CT molecular complexity index is 1050. The summed E-state index contributed by atoms with van der Waals surface area (Å²) >= 11 is 0. The van der Waals surface area contributed by atoms with E-state index >= 15 is 0 Å². The lowest BCUT2D eigenvalue weighted by molar-refractivity contribution is -0.123. The van der Waals surface area contributed by atoms with Gasteiger partial charge in [0.15, 0.2) is 5.75 Å². The average molecular weight is 487 g/mol. The van der Waals surface area contributed by atoms with E-state index in [9.17, 15) is 9.59 Å². The zero-order valence-corrected chi connectivity index (χ0v) is 19.4. The number of aromatic amines is 1. The van der Waals surface area contributed by atoms with Gasteiger partial charge in [0, 0.05) is 68.9 Å². The molecule has 0 aliphatic carbocycles. The maximum absolute atomic E-state index is 13.1. The molecule has 1 aromatic carbocycles. The minimum absolute atomic E-state index is 0.0219. The van der Waals surface area contributed by atoms with Crippen LogP contribution in [0.5, 0.6) is 5.75 Å². The topological polar surface area (TPSA) is 152 Å². The molecule has 35 heavy (non-hydrogen) atoms. The molecule has 6 rings (SSSR count). The lowest BCUT2D eigenvalue weighted by Crippen LogP contribution is -2.70. The van der Waals surface area contributed by atoms with Crippen molar-refractivity contribution in [1.29, 1.82) is 0 Å². The Kier molecular flexibility index (Phi) is 8.61. The first kappa shape index (κ1) is 25.9. The Balaban J connectivity index is 0.000000520. The first-order valence-corrected chi connectivity index (χ1v) is 11.2. The van der Waals surface area contributed by atoms with Gasteiger partial charge < -0.3 is 35.1 Å². The zero-order chi connectivity index (χ0) is 25.4. The van der Waals surface area contributed by atoms with Crippen molar-refractivity contribution in [3.63, 3.8) is 0 Å². The van der Waals surface area contributed by atoms with E-state index in [2.05, 4.69) is 44.4 Å². The van der Waals surface area contributed by atoms with E-state index in [1.54, 1.807) is 0 Å². The van der Waals surface area contributed by atoms with Crippen LogP contribution in [0.15, 0.2) is 47.4 Å². The van der Waals surface area contributed by atoms with E-state index in [1.165, 1.54) is 24.9 Å². The molecule has 188 valence electrons. The van der Waals surface area contributed by atoms with Crippen LogP contribution >= 0.6 is 0 Å². The van der Waals surface area contributed by atoms with Crippen molar-refractivity contribution < 1.29 is 29.3 Å². The molecule has 4 saturated heterocycles. The number of hydrogen-bond donors (Lipinski definition) is 4. The molecule has 4 aliphatic heterocycles. The number of H-pyrrole nitrogens is 1. The van der Waals surface area contributed by atoms with E-state index in [4.69, 9.17) is 24.5 Å². The average Bonchev–Trinajstić information content (AvgIpc) is 3.11. The monoisotopic (exact) mass is 486 g/mol. The van der Waals surface area contributed by atoms with Gasteiger partial charge in [-0.2, -0.15) is 0 Å². The number of hydrogen-bond acceptors (Lipinski definition) is 7. The van der Waals surface area contributed by atoms with Crippen LogP contribution in [0, 0.1) is 5.92 Å². The van der Waals surface area contributed by atoms with E-state index < -0.39 is 0 Å². The van der Waals surface area contributed by atoms with Gasteiger partial charge in [0.1, 0.15) is 5.69 Å². The molecular weight excluding hydrogens is 456 g/mol. The molecule has 4 N–H and O–H groups in total. The largest absolute Gasteiger partial charge is 0.491 e. The van der Waals surface area contributed by atoms with Crippen molar-refractivity contribution in [2.75, 3.05) is 46.4 Å². The lowest BCUT2D eigenvalue weighted by atomic mass is 9.64. The fourth-order valence-electron chi connectivity index (χ4n) is 5.54. The van der Waals surface area contributed by atoms with Gasteiger partial charge in [-0.1, -0.05) is 30.3 Å². The summed E-state index contributed by atoms with van der Waals surface area (Å²) in [5.74, 6) is 0.323. The van der Waals surface area contributed by atoms with Crippen molar-refractivity contribution in [2.24, 2.45) is 5.92 Å². The SMILES string of the molecule is COc1c[nH]c(C(=O)NC2C3CN4CCN(C3)CC2(c2ccccc2)C4)cc1=O.O=CO.O=CO. The molecule has 4 fully saturated rings. The smallest absolute Gasteiger partial charge is 0.290 e. The summed E-state index contributed by atoms with van der Waals surface area (Å²) < 4.78 is 5.01. The summed E-state index contributed by atoms with van der Waals surface area (Å²) in [7, 11) is 1.44. The molecule has 3 unspecified atom stereocenters. The van der Waals surface area contributed by atoms with Crippen molar-refractivity contribution in [2.45, 2.75) is 11.5 Å². The number of fused-ring (bicyclic) bond motifs is 1. The van der Waals surface area contributed by atoms with Crippen LogP contribution in [0.4, 0.5) is 0 Å². The van der Waals surface area contributed by atoms with E-state index in [-0.39, 0.29) is 47.2 Å². The number of rotatable bonds is 4. The predicted octanol–water partition coefficient (Wildman–Crippen LogP) is 0.0825. The van der Waals surface area contributed by atoms with Gasteiger partial charge in [-0.25, -0.2) is 0 Å². The van der Waals surface area contributed by atoms with Gasteiger partial charge in [0.25, 0.3) is 18.9 Å². The summed E-state index contributed by atoms with van der Waals surface area (Å²) in [4.78, 5) is 49.9. The third-order valence-corrected chi connectivity index (χ3v) is 6.77. The number of nitrogens with zero attached hydrogens (tertiary/aromatic N) is 2. The molecule has 0 spiro atoms. The highest BCUT2D eigenvalue weighted by molar-refractivity contribution is 5.92. The molecule has 0 radical (unpaired) electrons. The van der Waals surface area contributed by atoms with E-state index in [1.807, 2.05) is 6.07 Å². The highest BCUT2D eigenvalue weighted by Gasteiger charge is 2.55. The van der Waals surface area contributed by atoms with Crippen molar-refractivity contribution in [1.82, 2.24) is 20.1 Å². The number of ether oxygens (including phenoxy) is 1. The molecule has 4 aliphatic rings. The van der Waals surface area contributed by atoms with Gasteiger partial charge in [-0.05, 0) is 5.56 Å². The lowest BCUT2D eigenvalue weighted by Gasteiger charge is -2.55. The maximum atomic E-state index is 13.1. The quantitative estimate of drug-likeness (QED) is 0.440. The summed E-state index contributed by atoms with van der Waals surface area (Å²) in [5.41, 5.74) is 1.09. The molecule has 2 aromatic rings. The Morgan fingerprint density at radius 1 is 1.11 bits per heavy atom. The molecule has 5 heterocycles. The van der Waals surface area contributed by atoms with Gasteiger partial charge >= 0.3 is 0 Å². The van der Waals surface area contributed by atoms with Crippen molar-refractivity contribution >= 4 is 18.9 Å². The van der Waals surface area contributed by atoms with Gasteiger partial charge in [0.2, 0.25) is 5.43 Å². The molecule has 4 bridgehead atoms. The van der Waals surface area contributed by atoms with E-state index in [0.29, 0.717) is 5.92 Å². The number of methoxy groups -OCH3 is 1. The summed E-state index contributed by atoms with van der Waals surface area (Å²) in [5, 5.41) is 17.1. The van der Waals surface area contributed by atoms with Gasteiger partial charge in [-0.3, -0.25) is 19.2 Å². The van der Waals surface area contributed by atoms with Crippen molar-refractivity contribution in [3.8, 4) is 5.75 Å². The Hall–Kier alpha value is -3.70. The number of carbonyl (C=O) groups is 3. The summed E-state index contributed by atoms with van der Waals surface area (Å²) in [6.45, 7) is 5.53. The van der Waals surface area contributed by atoms with Crippen LogP contribution in [0.3, 0.4) is 0 Å². The number of piperidine rings is 2. The fraction of sp³-hybridized carbons (Fsp3) is 0.417. The Morgan fingerprint density at radius 3 is 2.20 bits per heavy atom. The number of carbonyl (C=O) groups excluding carboxylic acids is 1. The second kappa shape index (κ2) is 11.6. The minimum atomic E-state index is -0.298. The predicted molar refractivity (Wildman–Crippen MR) is 127 cm³/mol. The minimum Gasteiger partial charge on any atom is -0.491 e. The van der Waals surface area contributed by atoms with Crippen molar-refractivity contribution in [3.05, 3.63) is 64.1 Å². The van der Waals surface area contributed by atoms with Gasteiger partial charge in [-0.15, -0.1) is 0 Å². The fourth-order valence-corrected chi connectivity index (χ4v) is 5.54. The van der Waals surface area contributed by atoms with Crippen LogP contribution in [0.1, 0.15) is 16.1 Å². The Morgan fingerprint density at radius 2 is 1.69 bits per heavy atom. The highest BCUT2D eigenvalue weighted by Crippen LogP contribution is 2.43. The van der Waals surface area contributed by atoms with Crippen LogP contribution in [0.25, 0.3) is 0 Å². The van der Waals surface area contributed by atoms with Gasteiger partial charge in [0.05, 0.1) is 7.11 Å². The number of amides is 1. The molecule has 1 aromatic heterocycles. The molecule has 11 nitrogen and oxygen atoms in total. The second-order valence-electron chi connectivity index (χ2n) is 8.69. The zero-order valence-electron chi connectivity index (χ0n) is 19.4. The Labute approximate surface area is 202 Å². The van der Waals surface area contributed by atoms with Crippen LogP contribution in [0.2, 0.25) is 0 Å². The highest BCUT2D eigenvalue weighted by atomic mass is 16.5. The molecule has 0 saturated carbocycles. The normalized spacial score (nSPS) is 27.7.